The molecule has 6 heteroatoms. The summed E-state index contributed by atoms with van der Waals surface area (Å²) in [5, 5.41) is 1.19. The minimum absolute atomic E-state index is 0.0871. The molecule has 1 unspecified atom stereocenters. The Morgan fingerprint density at radius 2 is 1.80 bits per heavy atom. The van der Waals surface area contributed by atoms with E-state index < -0.39 is 15.9 Å². The lowest BCUT2D eigenvalue weighted by molar-refractivity contribution is -0.118. The van der Waals surface area contributed by atoms with Gasteiger partial charge in [-0.25, -0.2) is 8.42 Å². The normalized spacial score (nSPS) is 18.0. The smallest absolute Gasteiger partial charge is 0.231 e. The maximum atomic E-state index is 12.9. The standard InChI is InChI=1S/C19H19NO4S/c1-24-18-9-7-15(8-10-18)13-19(21)20(16-5-3-2-4-6-16)17-11-12-25(22,23)14-17/h2-12,17H,13-14H2,1H3. The zero-order valence-electron chi connectivity index (χ0n) is 13.8. The predicted molar refractivity (Wildman–Crippen MR) is 97.3 cm³/mol. The van der Waals surface area contributed by atoms with Crippen molar-refractivity contribution in [1.82, 2.24) is 0 Å². The molecule has 2 aromatic rings. The zero-order chi connectivity index (χ0) is 17.9. The molecule has 0 fully saturated rings. The number of carbonyl (C=O) groups is 1. The summed E-state index contributed by atoms with van der Waals surface area (Å²) in [5.41, 5.74) is 1.53. The van der Waals surface area contributed by atoms with Gasteiger partial charge in [0.15, 0.2) is 9.84 Å². The number of ether oxygens (including phenoxy) is 1. The SMILES string of the molecule is COc1ccc(CC(=O)N(c2ccccc2)C2C=CS(=O)(=O)C2)cc1. The van der Waals surface area contributed by atoms with Crippen molar-refractivity contribution in [2.75, 3.05) is 17.8 Å². The zero-order valence-corrected chi connectivity index (χ0v) is 14.6. The van der Waals surface area contributed by atoms with E-state index in [-0.39, 0.29) is 18.1 Å². The van der Waals surface area contributed by atoms with Crippen LogP contribution >= 0.6 is 0 Å². The van der Waals surface area contributed by atoms with E-state index >= 15 is 0 Å². The number of anilines is 1. The highest BCUT2D eigenvalue weighted by Crippen LogP contribution is 2.24. The summed E-state index contributed by atoms with van der Waals surface area (Å²) in [7, 11) is -1.67. The molecule has 3 rings (SSSR count). The molecule has 130 valence electrons. The molecule has 0 aliphatic carbocycles. The monoisotopic (exact) mass is 357 g/mol. The highest BCUT2D eigenvalue weighted by Gasteiger charge is 2.31. The van der Waals surface area contributed by atoms with Gasteiger partial charge in [-0.05, 0) is 35.9 Å². The Morgan fingerprint density at radius 1 is 1.12 bits per heavy atom. The fourth-order valence-electron chi connectivity index (χ4n) is 2.83. The summed E-state index contributed by atoms with van der Waals surface area (Å²) in [6.45, 7) is 0. The predicted octanol–water partition coefficient (Wildman–Crippen LogP) is 2.58. The van der Waals surface area contributed by atoms with Crippen molar-refractivity contribution in [3.05, 3.63) is 71.6 Å². The molecule has 0 saturated heterocycles. The fraction of sp³-hybridized carbons (Fsp3) is 0.211. The van der Waals surface area contributed by atoms with Gasteiger partial charge in [0.2, 0.25) is 5.91 Å². The topological polar surface area (TPSA) is 63.7 Å². The van der Waals surface area contributed by atoms with Crippen molar-refractivity contribution in [3.8, 4) is 5.75 Å². The number of nitrogens with zero attached hydrogens (tertiary/aromatic N) is 1. The molecule has 0 radical (unpaired) electrons. The Labute approximate surface area is 147 Å². The molecular formula is C19H19NO4S. The van der Waals surface area contributed by atoms with Gasteiger partial charge in [0.25, 0.3) is 0 Å². The summed E-state index contributed by atoms with van der Waals surface area (Å²) < 4.78 is 28.7. The Morgan fingerprint density at radius 3 is 2.36 bits per heavy atom. The average Bonchev–Trinajstić information content (AvgIpc) is 2.96. The molecule has 0 spiro atoms. The van der Waals surface area contributed by atoms with Gasteiger partial charge in [-0.2, -0.15) is 0 Å². The first-order valence-electron chi connectivity index (χ1n) is 7.89. The second-order valence-electron chi connectivity index (χ2n) is 5.85. The maximum Gasteiger partial charge on any atom is 0.231 e. The molecule has 0 N–H and O–H groups in total. The lowest BCUT2D eigenvalue weighted by Crippen LogP contribution is -2.42. The summed E-state index contributed by atoms with van der Waals surface area (Å²) in [4.78, 5) is 14.5. The maximum absolute atomic E-state index is 12.9. The third-order valence-electron chi connectivity index (χ3n) is 4.06. The van der Waals surface area contributed by atoms with Crippen LogP contribution in [0.25, 0.3) is 0 Å². The van der Waals surface area contributed by atoms with Crippen LogP contribution in [0, 0.1) is 0 Å². The molecule has 0 saturated carbocycles. The van der Waals surface area contributed by atoms with Gasteiger partial charge >= 0.3 is 0 Å². The van der Waals surface area contributed by atoms with Crippen molar-refractivity contribution in [2.24, 2.45) is 0 Å². The third kappa shape index (κ3) is 4.09. The third-order valence-corrected chi connectivity index (χ3v) is 5.44. The van der Waals surface area contributed by atoms with Crippen LogP contribution in [-0.2, 0) is 21.1 Å². The van der Waals surface area contributed by atoms with Crippen LogP contribution in [-0.4, -0.2) is 33.2 Å². The Hall–Kier alpha value is -2.60. The van der Waals surface area contributed by atoms with Gasteiger partial charge < -0.3 is 9.64 Å². The van der Waals surface area contributed by atoms with E-state index in [2.05, 4.69) is 0 Å². The van der Waals surface area contributed by atoms with Crippen molar-refractivity contribution >= 4 is 21.4 Å². The van der Waals surface area contributed by atoms with Crippen LogP contribution < -0.4 is 9.64 Å². The minimum Gasteiger partial charge on any atom is -0.497 e. The highest BCUT2D eigenvalue weighted by atomic mass is 32.2. The number of benzene rings is 2. The van der Waals surface area contributed by atoms with Gasteiger partial charge in [-0.1, -0.05) is 30.3 Å². The molecule has 1 amide bonds. The van der Waals surface area contributed by atoms with Crippen LogP contribution in [0.2, 0.25) is 0 Å². The van der Waals surface area contributed by atoms with E-state index in [9.17, 15) is 13.2 Å². The van der Waals surface area contributed by atoms with Crippen molar-refractivity contribution < 1.29 is 17.9 Å². The van der Waals surface area contributed by atoms with E-state index in [0.29, 0.717) is 5.69 Å². The number of para-hydroxylation sites is 1. The summed E-state index contributed by atoms with van der Waals surface area (Å²) in [6, 6.07) is 15.9. The summed E-state index contributed by atoms with van der Waals surface area (Å²) >= 11 is 0. The van der Waals surface area contributed by atoms with Crippen molar-refractivity contribution in [3.63, 3.8) is 0 Å². The largest absolute Gasteiger partial charge is 0.497 e. The molecule has 2 aromatic carbocycles. The van der Waals surface area contributed by atoms with Gasteiger partial charge in [0.05, 0.1) is 25.3 Å². The number of rotatable bonds is 5. The van der Waals surface area contributed by atoms with E-state index in [4.69, 9.17) is 4.74 Å². The second kappa shape index (κ2) is 7.11. The van der Waals surface area contributed by atoms with Crippen LogP contribution in [0.5, 0.6) is 5.75 Å². The molecule has 25 heavy (non-hydrogen) atoms. The fourth-order valence-corrected chi connectivity index (χ4v) is 4.10. The Balaban J connectivity index is 1.86. The van der Waals surface area contributed by atoms with Gasteiger partial charge in [0.1, 0.15) is 5.75 Å². The van der Waals surface area contributed by atoms with Crippen molar-refractivity contribution in [2.45, 2.75) is 12.5 Å². The lowest BCUT2D eigenvalue weighted by atomic mass is 10.1. The van der Waals surface area contributed by atoms with E-state index in [1.165, 1.54) is 5.41 Å². The average molecular weight is 357 g/mol. The molecule has 1 aliphatic rings. The number of carbonyl (C=O) groups excluding carboxylic acids is 1. The van der Waals surface area contributed by atoms with E-state index in [0.717, 1.165) is 11.3 Å². The van der Waals surface area contributed by atoms with Gasteiger partial charge in [-0.3, -0.25) is 4.79 Å². The lowest BCUT2D eigenvalue weighted by Gasteiger charge is -2.27. The first kappa shape index (κ1) is 17.2. The van der Waals surface area contributed by atoms with Crippen LogP contribution in [0.15, 0.2) is 66.1 Å². The number of sulfone groups is 1. The van der Waals surface area contributed by atoms with Gasteiger partial charge in [-0.15, -0.1) is 0 Å². The number of hydrogen-bond acceptors (Lipinski definition) is 4. The molecule has 0 bridgehead atoms. The van der Waals surface area contributed by atoms with E-state index in [1.54, 1.807) is 30.2 Å². The molecular weight excluding hydrogens is 338 g/mol. The van der Waals surface area contributed by atoms with Crippen LogP contribution in [0.4, 0.5) is 5.69 Å². The van der Waals surface area contributed by atoms with E-state index in [1.807, 2.05) is 42.5 Å². The second-order valence-corrected chi connectivity index (χ2v) is 7.78. The van der Waals surface area contributed by atoms with Crippen LogP contribution in [0.1, 0.15) is 5.56 Å². The highest BCUT2D eigenvalue weighted by molar-refractivity contribution is 7.94. The number of hydrogen-bond donors (Lipinski definition) is 0. The molecule has 1 aliphatic heterocycles. The first-order chi connectivity index (χ1) is 12.0. The Bertz CT molecular complexity index is 873. The first-order valence-corrected chi connectivity index (χ1v) is 9.61. The molecule has 0 aromatic heterocycles. The summed E-state index contributed by atoms with van der Waals surface area (Å²) in [6.07, 6.45) is 1.76. The summed E-state index contributed by atoms with van der Waals surface area (Å²) in [5.74, 6) is 0.486. The van der Waals surface area contributed by atoms with Gasteiger partial charge in [0, 0.05) is 11.1 Å². The van der Waals surface area contributed by atoms with Crippen molar-refractivity contribution in [1.29, 1.82) is 0 Å². The number of amides is 1. The molecule has 5 nitrogen and oxygen atoms in total. The quantitative estimate of drug-likeness (QED) is 0.825. The molecule has 1 atom stereocenters. The van der Waals surface area contributed by atoms with Crippen LogP contribution in [0.3, 0.4) is 0 Å². The minimum atomic E-state index is -3.25. The number of methoxy groups -OCH3 is 1. The Kier molecular flexibility index (Phi) is 4.90. The molecule has 1 heterocycles.